The van der Waals surface area contributed by atoms with Crippen LogP contribution in [0.5, 0.6) is 0 Å². The number of benzene rings is 10. The molecule has 12 aromatic rings. The number of furan rings is 1. The summed E-state index contributed by atoms with van der Waals surface area (Å²) in [5.74, 6) is 0. The lowest BCUT2D eigenvalue weighted by Crippen LogP contribution is -2.61. The SMILES string of the molecule is CC1(C)CCC(C)(C)c2cc3c(cc21)-c1cc2c(cc1C3(C)C)N(c1ccc3c(c1)oc1cc4c(cc13)C(C)(C)CCC4(C)C)c1c3c(cc4c1sc1ccccc14)-c1cc4ccccc4cc1N(c1ccc(-c4ccccc4)cc1)B23. The molecule has 0 N–H and O–H groups in total. The Hall–Kier alpha value is -7.86. The van der Waals surface area contributed by atoms with Crippen molar-refractivity contribution in [2.24, 2.45) is 0 Å². The van der Waals surface area contributed by atoms with E-state index in [1.165, 1.54) is 161 Å². The van der Waals surface area contributed by atoms with Crippen molar-refractivity contribution in [3.8, 4) is 33.4 Å². The predicted octanol–water partition coefficient (Wildman–Crippen LogP) is 20.5. The van der Waals surface area contributed by atoms with Crippen LogP contribution < -0.4 is 20.6 Å². The molecule has 2 aliphatic heterocycles. The number of hydrogen-bond acceptors (Lipinski definition) is 4. The first kappa shape index (κ1) is 48.8. The van der Waals surface area contributed by atoms with Crippen LogP contribution in [-0.2, 0) is 27.1 Å². The highest BCUT2D eigenvalue weighted by Crippen LogP contribution is 2.59. The Bertz CT molecular complexity index is 4800. The van der Waals surface area contributed by atoms with Gasteiger partial charge in [0, 0.05) is 66.0 Å². The minimum Gasteiger partial charge on any atom is -0.456 e. The molecule has 3 nitrogen and oxygen atoms in total. The third-order valence-corrected chi connectivity index (χ3v) is 22.3. The number of hydrogen-bond donors (Lipinski definition) is 0. The Kier molecular flexibility index (Phi) is 9.66. The quantitative estimate of drug-likeness (QED) is 0.164. The average molecular weight is 1080 g/mol. The first-order valence-corrected chi connectivity index (χ1v) is 30.8. The molecule has 5 heteroatoms. The van der Waals surface area contributed by atoms with Crippen molar-refractivity contribution in [1.82, 2.24) is 0 Å². The molecular formula is C77H67BN2OS. The number of nitrogens with zero attached hydrogens (tertiary/aromatic N) is 2. The van der Waals surface area contributed by atoms with Gasteiger partial charge in [0.2, 0.25) is 0 Å². The fourth-order valence-electron chi connectivity index (χ4n) is 16.1. The molecule has 2 aromatic heterocycles. The number of rotatable bonds is 3. The Morgan fingerprint density at radius 2 is 1.00 bits per heavy atom. The fourth-order valence-corrected chi connectivity index (χ4v) is 17.4. The summed E-state index contributed by atoms with van der Waals surface area (Å²) in [6.07, 6.45) is 4.69. The van der Waals surface area contributed by atoms with Crippen LogP contribution in [0.2, 0.25) is 0 Å². The van der Waals surface area contributed by atoms with Gasteiger partial charge in [0.15, 0.2) is 0 Å². The third-order valence-electron chi connectivity index (χ3n) is 21.1. The molecule has 0 bridgehead atoms. The summed E-state index contributed by atoms with van der Waals surface area (Å²) in [5, 5.41) is 7.45. The van der Waals surface area contributed by atoms with E-state index in [9.17, 15) is 0 Å². The maximum Gasteiger partial charge on any atom is 0.333 e. The molecule has 0 spiro atoms. The summed E-state index contributed by atoms with van der Waals surface area (Å²) < 4.78 is 9.81. The maximum atomic E-state index is 7.20. The van der Waals surface area contributed by atoms with Gasteiger partial charge in [-0.1, -0.05) is 166 Å². The van der Waals surface area contributed by atoms with Crippen molar-refractivity contribution >= 4 is 110 Å². The van der Waals surface area contributed by atoms with E-state index in [0.717, 1.165) is 23.3 Å². The van der Waals surface area contributed by atoms with Gasteiger partial charge in [0.05, 0.1) is 10.4 Å². The highest BCUT2D eigenvalue weighted by Gasteiger charge is 2.50. The Balaban J connectivity index is 0.996. The van der Waals surface area contributed by atoms with Crippen molar-refractivity contribution in [3.05, 3.63) is 209 Å². The van der Waals surface area contributed by atoms with Crippen LogP contribution in [0.4, 0.5) is 28.4 Å². The van der Waals surface area contributed by atoms with Crippen LogP contribution >= 0.6 is 11.3 Å². The lowest BCUT2D eigenvalue weighted by Gasteiger charge is -2.46. The highest BCUT2D eigenvalue weighted by molar-refractivity contribution is 7.26. The van der Waals surface area contributed by atoms with E-state index in [0.29, 0.717) is 0 Å². The third kappa shape index (κ3) is 6.60. The number of anilines is 5. The second-order valence-corrected chi connectivity index (χ2v) is 29.2. The first-order valence-electron chi connectivity index (χ1n) is 30.0. The van der Waals surface area contributed by atoms with Gasteiger partial charge in [-0.3, -0.25) is 0 Å². The van der Waals surface area contributed by atoms with Crippen LogP contribution in [0.15, 0.2) is 180 Å². The van der Waals surface area contributed by atoms with E-state index in [1.807, 2.05) is 11.3 Å². The Morgan fingerprint density at radius 1 is 0.415 bits per heavy atom. The van der Waals surface area contributed by atoms with E-state index in [2.05, 4.69) is 255 Å². The molecule has 0 amide bonds. The normalized spacial score (nSPS) is 18.1. The van der Waals surface area contributed by atoms with Crippen molar-refractivity contribution in [1.29, 1.82) is 0 Å². The molecule has 82 heavy (non-hydrogen) atoms. The van der Waals surface area contributed by atoms with Crippen molar-refractivity contribution < 1.29 is 4.42 Å². The van der Waals surface area contributed by atoms with Gasteiger partial charge in [-0.25, -0.2) is 0 Å². The van der Waals surface area contributed by atoms with Gasteiger partial charge in [-0.2, -0.15) is 0 Å². The van der Waals surface area contributed by atoms with Crippen molar-refractivity contribution in [2.45, 2.75) is 122 Å². The molecule has 17 rings (SSSR count). The maximum absolute atomic E-state index is 7.20. The zero-order valence-corrected chi connectivity index (χ0v) is 49.7. The van der Waals surface area contributed by atoms with Crippen molar-refractivity contribution in [3.63, 3.8) is 0 Å². The summed E-state index contributed by atoms with van der Waals surface area (Å²) in [6, 6.07) is 68.5. The van der Waals surface area contributed by atoms with E-state index < -0.39 is 0 Å². The molecule has 0 fully saturated rings. The second kappa shape index (κ2) is 16.2. The van der Waals surface area contributed by atoms with Gasteiger partial charge >= 0.3 is 6.85 Å². The zero-order valence-electron chi connectivity index (χ0n) is 48.9. The number of thiophene rings is 1. The lowest BCUT2D eigenvalue weighted by molar-refractivity contribution is 0.331. The Morgan fingerprint density at radius 3 is 1.73 bits per heavy atom. The molecule has 5 aliphatic rings. The van der Waals surface area contributed by atoms with Crippen molar-refractivity contribution in [2.75, 3.05) is 9.71 Å². The molecule has 0 radical (unpaired) electrons. The van der Waals surface area contributed by atoms with Crippen LogP contribution in [0.25, 0.3) is 86.3 Å². The van der Waals surface area contributed by atoms with E-state index >= 15 is 0 Å². The summed E-state index contributed by atoms with van der Waals surface area (Å²) in [6.45, 7) is 24.4. The molecule has 0 saturated heterocycles. The minimum atomic E-state index is -0.262. The molecule has 400 valence electrons. The Labute approximate surface area is 486 Å². The summed E-state index contributed by atoms with van der Waals surface area (Å²) >= 11 is 1.94. The molecule has 0 atom stereocenters. The van der Waals surface area contributed by atoms with Gasteiger partial charge in [0.25, 0.3) is 0 Å². The molecular weight excluding hydrogens is 1010 g/mol. The van der Waals surface area contributed by atoms with E-state index in [-0.39, 0.29) is 33.9 Å². The summed E-state index contributed by atoms with van der Waals surface area (Å²) in [4.78, 5) is 5.41. The summed E-state index contributed by atoms with van der Waals surface area (Å²) in [5.41, 5.74) is 27.1. The summed E-state index contributed by atoms with van der Waals surface area (Å²) in [7, 11) is 0. The van der Waals surface area contributed by atoms with Gasteiger partial charge < -0.3 is 14.1 Å². The fraction of sp³-hybridized carbons (Fsp3) is 0.247. The standard InChI is InChI=1S/C77H67BN2OS/c1-73(2)30-32-75(5,6)62-41-58-52(38-60(62)73)53-40-64-66(42-59(53)77(58,9)10)79(49-28-29-50-55-39-61-63(43-68(55)81-67(50)36-49)76(7,8)33-31-74(61,3)4)71-70-56(37-57-51-22-16-17-23-69(51)82-72(57)71)54-34-46-20-14-15-21-47(46)35-65(54)80(78(64)70)48-26-24-45(25-27-48)44-18-12-11-13-19-44/h11-29,34-43H,30-33H2,1-10H3. The van der Waals surface area contributed by atoms with Gasteiger partial charge in [-0.15, -0.1) is 11.3 Å². The molecule has 0 unspecified atom stereocenters. The predicted molar refractivity (Wildman–Crippen MR) is 351 cm³/mol. The average Bonchev–Trinajstić information content (AvgIpc) is 3.64. The zero-order chi connectivity index (χ0) is 55.7. The number of fused-ring (bicyclic) bond motifs is 17. The topological polar surface area (TPSA) is 19.6 Å². The molecule has 4 heterocycles. The van der Waals surface area contributed by atoms with Gasteiger partial charge in [-0.05, 0) is 203 Å². The highest BCUT2D eigenvalue weighted by atomic mass is 32.1. The molecule has 3 aliphatic carbocycles. The monoisotopic (exact) mass is 1080 g/mol. The molecule has 0 saturated carbocycles. The smallest absolute Gasteiger partial charge is 0.333 e. The van der Waals surface area contributed by atoms with Crippen LogP contribution in [-0.4, -0.2) is 6.85 Å². The van der Waals surface area contributed by atoms with E-state index in [1.54, 1.807) is 0 Å². The van der Waals surface area contributed by atoms with Crippen LogP contribution in [0.3, 0.4) is 0 Å². The second-order valence-electron chi connectivity index (χ2n) is 28.1. The van der Waals surface area contributed by atoms with Crippen LogP contribution in [0, 0.1) is 0 Å². The van der Waals surface area contributed by atoms with Crippen LogP contribution in [0.1, 0.15) is 128 Å². The van der Waals surface area contributed by atoms with Gasteiger partial charge in [0.1, 0.15) is 11.2 Å². The minimum absolute atomic E-state index is 0.0703. The lowest BCUT2D eigenvalue weighted by atomic mass is 9.43. The molecule has 10 aromatic carbocycles. The largest absolute Gasteiger partial charge is 0.456 e. The van der Waals surface area contributed by atoms with E-state index in [4.69, 9.17) is 4.42 Å². The first-order chi connectivity index (χ1) is 39.3.